The predicted molar refractivity (Wildman–Crippen MR) is 34.5 cm³/mol. The van der Waals surface area contributed by atoms with Crippen LogP contribution in [0.25, 0.3) is 0 Å². The molecule has 0 aromatic carbocycles. The molecular formula is C6H7N3O. The maximum Gasteiger partial charge on any atom is 0.160 e. The van der Waals surface area contributed by atoms with Gasteiger partial charge >= 0.3 is 0 Å². The second-order valence-electron chi connectivity index (χ2n) is 1.74. The molecule has 1 rings (SSSR count). The van der Waals surface area contributed by atoms with E-state index in [4.69, 9.17) is 10.00 Å². The Morgan fingerprint density at radius 3 is 3.30 bits per heavy atom. The van der Waals surface area contributed by atoms with Gasteiger partial charge in [-0.05, 0) is 0 Å². The molecule has 0 fully saturated rings. The third-order valence-corrected chi connectivity index (χ3v) is 1.15. The lowest BCUT2D eigenvalue weighted by Gasteiger charge is -1.93. The molecule has 0 bridgehead atoms. The first kappa shape index (κ1) is 6.62. The Morgan fingerprint density at radius 1 is 1.90 bits per heavy atom. The molecule has 1 aromatic rings. The van der Waals surface area contributed by atoms with Crippen molar-refractivity contribution in [2.75, 3.05) is 7.11 Å². The van der Waals surface area contributed by atoms with Crippen LogP contribution >= 0.6 is 0 Å². The van der Waals surface area contributed by atoms with E-state index < -0.39 is 0 Å². The minimum atomic E-state index is 0.284. The molecular weight excluding hydrogens is 130 g/mol. The highest BCUT2D eigenvalue weighted by Crippen LogP contribution is 2.13. The first-order valence-corrected chi connectivity index (χ1v) is 2.82. The second-order valence-corrected chi connectivity index (χ2v) is 1.74. The van der Waals surface area contributed by atoms with Crippen molar-refractivity contribution in [2.45, 2.75) is 6.42 Å². The van der Waals surface area contributed by atoms with Crippen molar-refractivity contribution in [3.05, 3.63) is 11.9 Å². The van der Waals surface area contributed by atoms with Crippen molar-refractivity contribution >= 4 is 0 Å². The van der Waals surface area contributed by atoms with Crippen LogP contribution in [-0.2, 0) is 6.42 Å². The van der Waals surface area contributed by atoms with Gasteiger partial charge in [0.2, 0.25) is 0 Å². The molecule has 0 atom stereocenters. The Labute approximate surface area is 58.4 Å². The van der Waals surface area contributed by atoms with E-state index in [1.807, 2.05) is 6.07 Å². The Hall–Kier alpha value is -1.50. The van der Waals surface area contributed by atoms with Crippen LogP contribution in [-0.4, -0.2) is 17.3 Å². The SMILES string of the molecule is COc1c[nH]nc1CC#N. The number of nitriles is 1. The van der Waals surface area contributed by atoms with E-state index in [9.17, 15) is 0 Å². The largest absolute Gasteiger partial charge is 0.493 e. The number of methoxy groups -OCH3 is 1. The Bertz CT molecular complexity index is 248. The standard InChI is InChI=1S/C6H7N3O/c1-10-6-4-8-9-5(6)2-3-7/h4H,2H2,1H3,(H,8,9). The summed E-state index contributed by atoms with van der Waals surface area (Å²) in [6.07, 6.45) is 1.90. The Balaban J connectivity index is 2.82. The Morgan fingerprint density at radius 2 is 2.70 bits per heavy atom. The third kappa shape index (κ3) is 1.08. The number of aromatic amines is 1. The molecule has 0 saturated carbocycles. The van der Waals surface area contributed by atoms with E-state index in [2.05, 4.69) is 10.2 Å². The summed E-state index contributed by atoms with van der Waals surface area (Å²) in [7, 11) is 1.55. The van der Waals surface area contributed by atoms with E-state index in [0.717, 1.165) is 0 Å². The topological polar surface area (TPSA) is 61.7 Å². The van der Waals surface area contributed by atoms with Crippen LogP contribution in [0, 0.1) is 11.3 Å². The van der Waals surface area contributed by atoms with Gasteiger partial charge in [-0.15, -0.1) is 0 Å². The van der Waals surface area contributed by atoms with Gasteiger partial charge in [-0.3, -0.25) is 5.10 Å². The number of hydrogen-bond acceptors (Lipinski definition) is 3. The summed E-state index contributed by atoms with van der Waals surface area (Å²) < 4.78 is 4.89. The summed E-state index contributed by atoms with van der Waals surface area (Å²) >= 11 is 0. The van der Waals surface area contributed by atoms with Crippen molar-refractivity contribution in [3.63, 3.8) is 0 Å². The molecule has 52 valence electrons. The molecule has 4 nitrogen and oxygen atoms in total. The maximum atomic E-state index is 8.30. The van der Waals surface area contributed by atoms with Crippen molar-refractivity contribution in [2.24, 2.45) is 0 Å². The normalized spacial score (nSPS) is 8.80. The smallest absolute Gasteiger partial charge is 0.160 e. The van der Waals surface area contributed by atoms with Gasteiger partial charge in [-0.1, -0.05) is 0 Å². The van der Waals surface area contributed by atoms with Crippen LogP contribution in [0.4, 0.5) is 0 Å². The number of H-pyrrole nitrogens is 1. The highest BCUT2D eigenvalue weighted by molar-refractivity contribution is 5.25. The molecule has 0 aliphatic rings. The van der Waals surface area contributed by atoms with Crippen molar-refractivity contribution in [1.82, 2.24) is 10.2 Å². The highest BCUT2D eigenvalue weighted by atomic mass is 16.5. The molecule has 0 amide bonds. The minimum absolute atomic E-state index is 0.284. The van der Waals surface area contributed by atoms with E-state index in [1.54, 1.807) is 13.3 Å². The number of nitrogens with zero attached hydrogens (tertiary/aromatic N) is 2. The van der Waals surface area contributed by atoms with Gasteiger partial charge in [-0.25, -0.2) is 0 Å². The second kappa shape index (κ2) is 2.87. The average molecular weight is 137 g/mol. The highest BCUT2D eigenvalue weighted by Gasteiger charge is 2.02. The predicted octanol–water partition coefficient (Wildman–Crippen LogP) is 0.484. The molecule has 0 unspecified atom stereocenters. The zero-order chi connectivity index (χ0) is 7.40. The van der Waals surface area contributed by atoms with Crippen LogP contribution < -0.4 is 4.74 Å². The molecule has 1 heterocycles. The van der Waals surface area contributed by atoms with Gasteiger partial charge < -0.3 is 4.74 Å². The molecule has 4 heteroatoms. The summed E-state index contributed by atoms with van der Waals surface area (Å²) in [6, 6.07) is 1.98. The molecule has 1 N–H and O–H groups in total. The fourth-order valence-electron chi connectivity index (χ4n) is 0.685. The average Bonchev–Trinajstić information content (AvgIpc) is 2.36. The van der Waals surface area contributed by atoms with Gasteiger partial charge in [0.15, 0.2) is 5.75 Å². The summed E-state index contributed by atoms with van der Waals surface area (Å²) in [5.74, 6) is 0.640. The van der Waals surface area contributed by atoms with E-state index in [-0.39, 0.29) is 6.42 Å². The quantitative estimate of drug-likeness (QED) is 0.645. The first-order chi connectivity index (χ1) is 4.88. The van der Waals surface area contributed by atoms with Crippen molar-refractivity contribution < 1.29 is 4.74 Å². The minimum Gasteiger partial charge on any atom is -0.493 e. The monoisotopic (exact) mass is 137 g/mol. The van der Waals surface area contributed by atoms with Gasteiger partial charge in [0, 0.05) is 0 Å². The zero-order valence-electron chi connectivity index (χ0n) is 5.59. The molecule has 10 heavy (non-hydrogen) atoms. The zero-order valence-corrected chi connectivity index (χ0v) is 5.59. The summed E-state index contributed by atoms with van der Waals surface area (Å²) in [4.78, 5) is 0. The van der Waals surface area contributed by atoms with Gasteiger partial charge in [-0.2, -0.15) is 10.4 Å². The van der Waals surface area contributed by atoms with Crippen LogP contribution in [0.2, 0.25) is 0 Å². The van der Waals surface area contributed by atoms with Crippen molar-refractivity contribution in [3.8, 4) is 11.8 Å². The lowest BCUT2D eigenvalue weighted by molar-refractivity contribution is 0.411. The molecule has 0 aliphatic heterocycles. The number of rotatable bonds is 2. The molecule has 0 radical (unpaired) electrons. The summed E-state index contributed by atoms with van der Waals surface area (Å²) in [5.41, 5.74) is 0.657. The lowest BCUT2D eigenvalue weighted by Crippen LogP contribution is -1.87. The molecule has 1 aromatic heterocycles. The molecule has 0 aliphatic carbocycles. The van der Waals surface area contributed by atoms with Crippen molar-refractivity contribution in [1.29, 1.82) is 5.26 Å². The number of hydrogen-bond donors (Lipinski definition) is 1. The maximum absolute atomic E-state index is 8.30. The first-order valence-electron chi connectivity index (χ1n) is 2.82. The van der Waals surface area contributed by atoms with Gasteiger partial charge in [0.25, 0.3) is 0 Å². The fraction of sp³-hybridized carbons (Fsp3) is 0.333. The molecule has 0 saturated heterocycles. The number of aromatic nitrogens is 2. The third-order valence-electron chi connectivity index (χ3n) is 1.15. The fourth-order valence-corrected chi connectivity index (χ4v) is 0.685. The van der Waals surface area contributed by atoms with E-state index in [0.29, 0.717) is 11.4 Å². The van der Waals surface area contributed by atoms with Crippen LogP contribution in [0.15, 0.2) is 6.20 Å². The Kier molecular flexibility index (Phi) is 1.90. The lowest BCUT2D eigenvalue weighted by atomic mass is 10.3. The number of ether oxygens (including phenoxy) is 1. The van der Waals surface area contributed by atoms with Crippen LogP contribution in [0.5, 0.6) is 5.75 Å². The van der Waals surface area contributed by atoms with Crippen LogP contribution in [0.1, 0.15) is 5.69 Å². The number of nitrogens with one attached hydrogen (secondary N) is 1. The van der Waals surface area contributed by atoms with Gasteiger partial charge in [0.05, 0.1) is 25.8 Å². The summed E-state index contributed by atoms with van der Waals surface area (Å²) in [6.45, 7) is 0. The van der Waals surface area contributed by atoms with Crippen LogP contribution in [0.3, 0.4) is 0 Å². The van der Waals surface area contributed by atoms with E-state index in [1.165, 1.54) is 0 Å². The van der Waals surface area contributed by atoms with E-state index >= 15 is 0 Å². The van der Waals surface area contributed by atoms with Gasteiger partial charge in [0.1, 0.15) is 5.69 Å². The summed E-state index contributed by atoms with van der Waals surface area (Å²) in [5, 5.41) is 14.7. The molecule has 0 spiro atoms.